The number of amides is 2. The van der Waals surface area contributed by atoms with Gasteiger partial charge in [-0.2, -0.15) is 0 Å². The molecule has 1 unspecified atom stereocenters. The summed E-state index contributed by atoms with van der Waals surface area (Å²) in [5, 5.41) is 3.16. The van der Waals surface area contributed by atoms with Crippen LogP contribution in [-0.4, -0.2) is 29.3 Å². The van der Waals surface area contributed by atoms with E-state index in [4.69, 9.17) is 0 Å². The standard InChI is InChI=1S/C18H24N2O2/c21-16-12-6-7-13-20(16)17(14-8-2-1-3-9-14)18(22)19-15-10-4-5-11-15/h1-3,8-9,15,17H,4-7,10-13H2,(H,19,22). The van der Waals surface area contributed by atoms with E-state index >= 15 is 0 Å². The summed E-state index contributed by atoms with van der Waals surface area (Å²) in [6.45, 7) is 0.677. The first-order valence-electron chi connectivity index (χ1n) is 8.40. The molecule has 0 spiro atoms. The average molecular weight is 300 g/mol. The lowest BCUT2D eigenvalue weighted by Crippen LogP contribution is -2.47. The summed E-state index contributed by atoms with van der Waals surface area (Å²) in [4.78, 5) is 26.9. The topological polar surface area (TPSA) is 49.4 Å². The lowest BCUT2D eigenvalue weighted by Gasteiger charge is -2.34. The molecule has 4 nitrogen and oxygen atoms in total. The quantitative estimate of drug-likeness (QED) is 0.929. The average Bonchev–Trinajstić information content (AvgIpc) is 3.03. The second-order valence-electron chi connectivity index (χ2n) is 6.35. The van der Waals surface area contributed by atoms with Gasteiger partial charge in [0.15, 0.2) is 0 Å². The highest BCUT2D eigenvalue weighted by atomic mass is 16.2. The number of nitrogens with one attached hydrogen (secondary N) is 1. The van der Waals surface area contributed by atoms with E-state index < -0.39 is 6.04 Å². The maximum absolute atomic E-state index is 12.8. The first-order valence-corrected chi connectivity index (χ1v) is 8.40. The molecule has 2 aliphatic rings. The minimum atomic E-state index is -0.477. The first-order chi connectivity index (χ1) is 10.8. The molecule has 22 heavy (non-hydrogen) atoms. The smallest absolute Gasteiger partial charge is 0.247 e. The van der Waals surface area contributed by atoms with Crippen molar-refractivity contribution >= 4 is 11.8 Å². The summed E-state index contributed by atoms with van der Waals surface area (Å²) in [6, 6.07) is 9.49. The van der Waals surface area contributed by atoms with Crippen molar-refractivity contribution < 1.29 is 9.59 Å². The van der Waals surface area contributed by atoms with E-state index in [9.17, 15) is 9.59 Å². The maximum atomic E-state index is 12.8. The van der Waals surface area contributed by atoms with E-state index in [2.05, 4.69) is 5.32 Å². The molecule has 1 atom stereocenters. The van der Waals surface area contributed by atoms with Crippen LogP contribution in [-0.2, 0) is 9.59 Å². The van der Waals surface area contributed by atoms with E-state index in [1.165, 1.54) is 12.8 Å². The number of carbonyl (C=O) groups is 2. The highest BCUT2D eigenvalue weighted by Gasteiger charge is 2.33. The molecule has 1 heterocycles. The molecule has 0 aromatic heterocycles. The molecular formula is C18H24N2O2. The number of nitrogens with zero attached hydrogens (tertiary/aromatic N) is 1. The normalized spacial score (nSPS) is 20.9. The molecule has 1 aliphatic carbocycles. The van der Waals surface area contributed by atoms with Crippen LogP contribution in [0.5, 0.6) is 0 Å². The van der Waals surface area contributed by atoms with Gasteiger partial charge in [-0.3, -0.25) is 9.59 Å². The Hall–Kier alpha value is -1.84. The molecule has 0 radical (unpaired) electrons. The molecule has 1 aromatic rings. The minimum Gasteiger partial charge on any atom is -0.351 e. The summed E-state index contributed by atoms with van der Waals surface area (Å²) in [6.07, 6.45) is 6.95. The van der Waals surface area contributed by atoms with Gasteiger partial charge in [-0.05, 0) is 31.2 Å². The van der Waals surface area contributed by atoms with Crippen LogP contribution in [0.4, 0.5) is 0 Å². The van der Waals surface area contributed by atoms with Crippen molar-refractivity contribution in [2.24, 2.45) is 0 Å². The molecule has 1 aliphatic heterocycles. The fraction of sp³-hybridized carbons (Fsp3) is 0.556. The number of hydrogen-bond donors (Lipinski definition) is 1. The van der Waals surface area contributed by atoms with Crippen LogP contribution >= 0.6 is 0 Å². The number of benzene rings is 1. The van der Waals surface area contributed by atoms with Gasteiger partial charge in [0, 0.05) is 19.0 Å². The van der Waals surface area contributed by atoms with Gasteiger partial charge in [0.2, 0.25) is 11.8 Å². The number of piperidine rings is 1. The molecule has 1 saturated carbocycles. The van der Waals surface area contributed by atoms with E-state index in [0.717, 1.165) is 31.2 Å². The molecule has 118 valence electrons. The molecule has 2 fully saturated rings. The zero-order valence-corrected chi connectivity index (χ0v) is 13.0. The van der Waals surface area contributed by atoms with Crippen LogP contribution in [0.1, 0.15) is 56.6 Å². The van der Waals surface area contributed by atoms with Crippen molar-refractivity contribution in [1.82, 2.24) is 10.2 Å². The first kappa shape index (κ1) is 15.1. The Labute approximate surface area is 131 Å². The fourth-order valence-electron chi connectivity index (χ4n) is 3.56. The van der Waals surface area contributed by atoms with Crippen LogP contribution in [0.25, 0.3) is 0 Å². The molecule has 1 aromatic carbocycles. The Bertz CT molecular complexity index is 523. The van der Waals surface area contributed by atoms with Gasteiger partial charge >= 0.3 is 0 Å². The van der Waals surface area contributed by atoms with Crippen molar-refractivity contribution in [3.8, 4) is 0 Å². The predicted octanol–water partition coefficient (Wildman–Crippen LogP) is 2.80. The third-order valence-electron chi connectivity index (χ3n) is 4.74. The molecule has 2 amide bonds. The van der Waals surface area contributed by atoms with Gasteiger partial charge < -0.3 is 10.2 Å². The highest BCUT2D eigenvalue weighted by molar-refractivity contribution is 5.89. The van der Waals surface area contributed by atoms with Crippen LogP contribution in [0.15, 0.2) is 30.3 Å². The molecular weight excluding hydrogens is 276 g/mol. The number of likely N-dealkylation sites (tertiary alicyclic amines) is 1. The summed E-state index contributed by atoms with van der Waals surface area (Å²) in [5.74, 6) is 0.0787. The molecule has 1 N–H and O–H groups in total. The van der Waals surface area contributed by atoms with Gasteiger partial charge in [-0.15, -0.1) is 0 Å². The highest BCUT2D eigenvalue weighted by Crippen LogP contribution is 2.27. The SMILES string of the molecule is O=C(NC1CCCC1)C(c1ccccc1)N1CCCCC1=O. The van der Waals surface area contributed by atoms with Crippen LogP contribution in [0.2, 0.25) is 0 Å². The van der Waals surface area contributed by atoms with Crippen molar-refractivity contribution in [3.05, 3.63) is 35.9 Å². The van der Waals surface area contributed by atoms with E-state index in [1.54, 1.807) is 4.90 Å². The molecule has 1 saturated heterocycles. The fourth-order valence-corrected chi connectivity index (χ4v) is 3.56. The van der Waals surface area contributed by atoms with Crippen molar-refractivity contribution in [3.63, 3.8) is 0 Å². The zero-order chi connectivity index (χ0) is 15.4. The Morgan fingerprint density at radius 1 is 1.09 bits per heavy atom. The van der Waals surface area contributed by atoms with E-state index in [1.807, 2.05) is 30.3 Å². The number of hydrogen-bond acceptors (Lipinski definition) is 2. The number of carbonyl (C=O) groups excluding carboxylic acids is 2. The van der Waals surface area contributed by atoms with Gasteiger partial charge in [0.25, 0.3) is 0 Å². The lowest BCUT2D eigenvalue weighted by molar-refractivity contribution is -0.143. The van der Waals surface area contributed by atoms with Crippen LogP contribution in [0.3, 0.4) is 0 Å². The Balaban J connectivity index is 1.81. The maximum Gasteiger partial charge on any atom is 0.247 e. The minimum absolute atomic E-state index is 0.0200. The van der Waals surface area contributed by atoms with E-state index in [0.29, 0.717) is 13.0 Å². The van der Waals surface area contributed by atoms with Crippen molar-refractivity contribution in [2.75, 3.05) is 6.54 Å². The Kier molecular flexibility index (Phi) is 4.76. The van der Waals surface area contributed by atoms with Gasteiger partial charge in [0.1, 0.15) is 6.04 Å². The van der Waals surface area contributed by atoms with Gasteiger partial charge in [-0.25, -0.2) is 0 Å². The number of rotatable bonds is 4. The second kappa shape index (κ2) is 6.95. The third-order valence-corrected chi connectivity index (χ3v) is 4.74. The second-order valence-corrected chi connectivity index (χ2v) is 6.35. The summed E-state index contributed by atoms with van der Waals surface area (Å²) in [5.41, 5.74) is 0.910. The van der Waals surface area contributed by atoms with Crippen molar-refractivity contribution in [1.29, 1.82) is 0 Å². The van der Waals surface area contributed by atoms with Gasteiger partial charge in [0.05, 0.1) is 0 Å². The zero-order valence-electron chi connectivity index (χ0n) is 13.0. The molecule has 3 rings (SSSR count). The monoisotopic (exact) mass is 300 g/mol. The largest absolute Gasteiger partial charge is 0.351 e. The van der Waals surface area contributed by atoms with Gasteiger partial charge in [-0.1, -0.05) is 43.2 Å². The van der Waals surface area contributed by atoms with E-state index in [-0.39, 0.29) is 17.9 Å². The lowest BCUT2D eigenvalue weighted by atomic mass is 10.00. The van der Waals surface area contributed by atoms with Crippen LogP contribution < -0.4 is 5.32 Å². The van der Waals surface area contributed by atoms with Crippen LogP contribution in [0, 0.1) is 0 Å². The summed E-state index contributed by atoms with van der Waals surface area (Å²) in [7, 11) is 0. The van der Waals surface area contributed by atoms with Crippen molar-refractivity contribution in [2.45, 2.75) is 57.0 Å². The summed E-state index contributed by atoms with van der Waals surface area (Å²) < 4.78 is 0. The molecule has 4 heteroatoms. The Morgan fingerprint density at radius 3 is 2.50 bits per heavy atom. The molecule has 0 bridgehead atoms. The Morgan fingerprint density at radius 2 is 1.82 bits per heavy atom. The predicted molar refractivity (Wildman–Crippen MR) is 85.1 cm³/mol. The summed E-state index contributed by atoms with van der Waals surface area (Å²) >= 11 is 0. The third kappa shape index (κ3) is 3.32.